The van der Waals surface area contributed by atoms with Gasteiger partial charge in [0.1, 0.15) is 6.04 Å². The first-order valence-electron chi connectivity index (χ1n) is 7.91. The van der Waals surface area contributed by atoms with Crippen LogP contribution in [0.15, 0.2) is 36.7 Å². The summed E-state index contributed by atoms with van der Waals surface area (Å²) in [7, 11) is 5.72. The molecule has 0 aliphatic heterocycles. The van der Waals surface area contributed by atoms with E-state index in [-0.39, 0.29) is 11.9 Å². The Kier molecular flexibility index (Phi) is 5.55. The van der Waals surface area contributed by atoms with E-state index in [1.165, 1.54) is 5.56 Å². The zero-order chi connectivity index (χ0) is 17.0. The fourth-order valence-corrected chi connectivity index (χ4v) is 2.63. The fraction of sp³-hybridized carbons (Fsp3) is 0.444. The number of hydrogen-bond donors (Lipinski definition) is 0. The van der Waals surface area contributed by atoms with Gasteiger partial charge >= 0.3 is 0 Å². The van der Waals surface area contributed by atoms with Gasteiger partial charge in [0.15, 0.2) is 0 Å². The van der Waals surface area contributed by atoms with Gasteiger partial charge < -0.3 is 4.90 Å². The molecule has 0 spiro atoms. The minimum absolute atomic E-state index is 0.0862. The quantitative estimate of drug-likeness (QED) is 0.822. The summed E-state index contributed by atoms with van der Waals surface area (Å²) in [5.74, 6) is 0.0862. The van der Waals surface area contributed by atoms with Crippen LogP contribution in [-0.4, -0.2) is 46.6 Å². The van der Waals surface area contributed by atoms with E-state index in [2.05, 4.69) is 5.10 Å². The highest BCUT2D eigenvalue weighted by Gasteiger charge is 2.26. The molecule has 5 heteroatoms. The summed E-state index contributed by atoms with van der Waals surface area (Å²) < 4.78 is 1.87. The van der Waals surface area contributed by atoms with Gasteiger partial charge in [-0.1, -0.05) is 29.8 Å². The molecule has 1 amide bonds. The third kappa shape index (κ3) is 4.20. The van der Waals surface area contributed by atoms with Gasteiger partial charge in [0.2, 0.25) is 5.91 Å². The molecular formula is C18H26N4O. The van der Waals surface area contributed by atoms with Crippen molar-refractivity contribution in [3.05, 3.63) is 53.3 Å². The summed E-state index contributed by atoms with van der Waals surface area (Å²) in [6.45, 7) is 5.50. The van der Waals surface area contributed by atoms with Crippen LogP contribution in [0.5, 0.6) is 0 Å². The summed E-state index contributed by atoms with van der Waals surface area (Å²) in [6.07, 6.45) is 3.81. The van der Waals surface area contributed by atoms with Crippen molar-refractivity contribution in [2.75, 3.05) is 21.1 Å². The molecule has 2 rings (SSSR count). The van der Waals surface area contributed by atoms with Crippen LogP contribution in [-0.2, 0) is 17.9 Å². The number of rotatable bonds is 6. The zero-order valence-electron chi connectivity index (χ0n) is 14.7. The second kappa shape index (κ2) is 7.42. The highest BCUT2D eigenvalue weighted by Crippen LogP contribution is 2.21. The molecule has 0 aliphatic carbocycles. The van der Waals surface area contributed by atoms with Crippen LogP contribution < -0.4 is 0 Å². The Labute approximate surface area is 138 Å². The summed E-state index contributed by atoms with van der Waals surface area (Å²) in [4.78, 5) is 16.6. The van der Waals surface area contributed by atoms with Crippen molar-refractivity contribution in [2.24, 2.45) is 0 Å². The van der Waals surface area contributed by atoms with E-state index in [1.807, 2.05) is 81.2 Å². The second-order valence-electron chi connectivity index (χ2n) is 6.18. The van der Waals surface area contributed by atoms with Crippen LogP contribution in [0.25, 0.3) is 0 Å². The highest BCUT2D eigenvalue weighted by molar-refractivity contribution is 5.83. The maximum Gasteiger partial charge on any atom is 0.244 e. The smallest absolute Gasteiger partial charge is 0.244 e. The molecule has 0 unspecified atom stereocenters. The second-order valence-corrected chi connectivity index (χ2v) is 6.18. The summed E-state index contributed by atoms with van der Waals surface area (Å²) >= 11 is 0. The highest BCUT2D eigenvalue weighted by atomic mass is 16.2. The molecule has 1 aromatic carbocycles. The Morgan fingerprint density at radius 3 is 2.39 bits per heavy atom. The number of benzene rings is 1. The largest absolute Gasteiger partial charge is 0.340 e. The molecule has 23 heavy (non-hydrogen) atoms. The molecule has 1 atom stereocenters. The van der Waals surface area contributed by atoms with Gasteiger partial charge in [-0.05, 0) is 33.5 Å². The van der Waals surface area contributed by atoms with E-state index in [0.29, 0.717) is 6.54 Å². The standard InChI is InChI=1S/C18H26N4O/c1-6-22-13-15(11-19-22)12-21(5)18(23)17(20(3)4)16-9-7-14(2)8-10-16/h7-11,13,17H,6,12H2,1-5H3/t17-/m0/s1. The summed E-state index contributed by atoms with van der Waals surface area (Å²) in [6, 6.07) is 7.87. The van der Waals surface area contributed by atoms with E-state index in [4.69, 9.17) is 0 Å². The molecule has 2 aromatic rings. The van der Waals surface area contributed by atoms with Gasteiger partial charge in [-0.25, -0.2) is 0 Å². The minimum Gasteiger partial charge on any atom is -0.340 e. The first kappa shape index (κ1) is 17.2. The van der Waals surface area contributed by atoms with Crippen molar-refractivity contribution in [3.8, 4) is 0 Å². The molecule has 0 fully saturated rings. The van der Waals surface area contributed by atoms with E-state index < -0.39 is 0 Å². The molecule has 124 valence electrons. The lowest BCUT2D eigenvalue weighted by Gasteiger charge is -2.28. The van der Waals surface area contributed by atoms with Crippen molar-refractivity contribution >= 4 is 5.91 Å². The number of amides is 1. The zero-order valence-corrected chi connectivity index (χ0v) is 14.7. The number of hydrogen-bond acceptors (Lipinski definition) is 3. The molecule has 0 bridgehead atoms. The van der Waals surface area contributed by atoms with Gasteiger partial charge in [0.05, 0.1) is 6.20 Å². The molecule has 0 saturated carbocycles. The normalized spacial score (nSPS) is 12.4. The van der Waals surface area contributed by atoms with Crippen LogP contribution in [0.1, 0.15) is 29.7 Å². The monoisotopic (exact) mass is 314 g/mol. The lowest BCUT2D eigenvalue weighted by atomic mass is 10.0. The Balaban J connectivity index is 2.15. The Hall–Kier alpha value is -2.14. The maximum atomic E-state index is 12.9. The third-order valence-corrected chi connectivity index (χ3v) is 3.95. The molecule has 0 radical (unpaired) electrons. The predicted molar refractivity (Wildman–Crippen MR) is 92.0 cm³/mol. The topological polar surface area (TPSA) is 41.4 Å². The fourth-order valence-electron chi connectivity index (χ4n) is 2.63. The Bertz CT molecular complexity index is 645. The summed E-state index contributed by atoms with van der Waals surface area (Å²) in [5.41, 5.74) is 3.25. The first-order chi connectivity index (χ1) is 10.9. The SMILES string of the molecule is CCn1cc(CN(C)C(=O)[C@H](c2ccc(C)cc2)N(C)C)cn1. The van der Waals surface area contributed by atoms with E-state index in [1.54, 1.807) is 4.90 Å². The molecule has 1 heterocycles. The molecule has 0 aliphatic rings. The molecular weight excluding hydrogens is 288 g/mol. The molecule has 5 nitrogen and oxygen atoms in total. The van der Waals surface area contributed by atoms with Crippen molar-refractivity contribution < 1.29 is 4.79 Å². The number of aromatic nitrogens is 2. The molecule has 1 aromatic heterocycles. The van der Waals surface area contributed by atoms with Crippen LogP contribution in [0.4, 0.5) is 0 Å². The van der Waals surface area contributed by atoms with Crippen LogP contribution >= 0.6 is 0 Å². The van der Waals surface area contributed by atoms with E-state index >= 15 is 0 Å². The number of likely N-dealkylation sites (N-methyl/N-ethyl adjacent to an activating group) is 2. The van der Waals surface area contributed by atoms with Crippen LogP contribution in [0, 0.1) is 6.92 Å². The van der Waals surface area contributed by atoms with Gasteiger partial charge in [0.25, 0.3) is 0 Å². The lowest BCUT2D eigenvalue weighted by Crippen LogP contribution is -2.38. The van der Waals surface area contributed by atoms with E-state index in [0.717, 1.165) is 17.7 Å². The first-order valence-corrected chi connectivity index (χ1v) is 7.91. The number of carbonyl (C=O) groups is 1. The lowest BCUT2D eigenvalue weighted by molar-refractivity contribution is -0.135. The van der Waals surface area contributed by atoms with E-state index in [9.17, 15) is 4.79 Å². The van der Waals surface area contributed by atoms with Crippen molar-refractivity contribution in [1.29, 1.82) is 0 Å². The maximum absolute atomic E-state index is 12.9. The minimum atomic E-state index is -0.276. The molecule has 0 saturated heterocycles. The number of nitrogens with zero attached hydrogens (tertiary/aromatic N) is 4. The molecule has 0 N–H and O–H groups in total. The average molecular weight is 314 g/mol. The van der Waals surface area contributed by atoms with Crippen LogP contribution in [0.2, 0.25) is 0 Å². The Morgan fingerprint density at radius 1 is 1.22 bits per heavy atom. The van der Waals surface area contributed by atoms with Gasteiger partial charge in [0, 0.05) is 31.9 Å². The van der Waals surface area contributed by atoms with Crippen LogP contribution in [0.3, 0.4) is 0 Å². The Morgan fingerprint density at radius 2 is 1.87 bits per heavy atom. The van der Waals surface area contributed by atoms with Crippen molar-refractivity contribution in [1.82, 2.24) is 19.6 Å². The number of carbonyl (C=O) groups excluding carboxylic acids is 1. The van der Waals surface area contributed by atoms with Gasteiger partial charge in [-0.15, -0.1) is 0 Å². The predicted octanol–water partition coefficient (Wildman–Crippen LogP) is 2.47. The van der Waals surface area contributed by atoms with Crippen molar-refractivity contribution in [2.45, 2.75) is 33.0 Å². The van der Waals surface area contributed by atoms with Gasteiger partial charge in [-0.3, -0.25) is 14.4 Å². The average Bonchev–Trinajstić information content (AvgIpc) is 2.96. The number of aryl methyl sites for hydroxylation is 2. The summed E-state index contributed by atoms with van der Waals surface area (Å²) in [5, 5.41) is 4.26. The third-order valence-electron chi connectivity index (χ3n) is 3.95. The van der Waals surface area contributed by atoms with Crippen molar-refractivity contribution in [3.63, 3.8) is 0 Å². The van der Waals surface area contributed by atoms with Gasteiger partial charge in [-0.2, -0.15) is 5.10 Å².